The van der Waals surface area contributed by atoms with E-state index in [1.165, 1.54) is 11.2 Å². The van der Waals surface area contributed by atoms with Crippen molar-refractivity contribution in [1.82, 2.24) is 5.01 Å². The van der Waals surface area contributed by atoms with Crippen LogP contribution in [0.15, 0.2) is 65.0 Å². The summed E-state index contributed by atoms with van der Waals surface area (Å²) in [4.78, 5) is 25.7. The van der Waals surface area contributed by atoms with E-state index in [1.54, 1.807) is 6.08 Å². The SMILES string of the molecule is C=CC1=NN(C=C)C(=O)C1=C1C=C(C(C)(C)C)C(=O)C(C(C)(C)C)=C1. The van der Waals surface area contributed by atoms with Crippen molar-refractivity contribution in [2.45, 2.75) is 41.5 Å². The molecule has 0 radical (unpaired) electrons. The highest BCUT2D eigenvalue weighted by Crippen LogP contribution is 2.40. The molecule has 0 aromatic rings. The maximum absolute atomic E-state index is 13.0. The van der Waals surface area contributed by atoms with Crippen LogP contribution in [0.4, 0.5) is 0 Å². The van der Waals surface area contributed by atoms with E-state index in [-0.39, 0.29) is 22.5 Å². The lowest BCUT2D eigenvalue weighted by atomic mass is 9.71. The van der Waals surface area contributed by atoms with E-state index in [4.69, 9.17) is 0 Å². The van der Waals surface area contributed by atoms with Gasteiger partial charge in [0.2, 0.25) is 0 Å². The molecule has 0 saturated carbocycles. The molecule has 1 aliphatic carbocycles. The molecule has 1 aliphatic heterocycles. The lowest BCUT2D eigenvalue weighted by Crippen LogP contribution is -2.28. The second-order valence-corrected chi connectivity index (χ2v) is 8.30. The average Bonchev–Trinajstić information content (AvgIpc) is 2.81. The maximum atomic E-state index is 13.0. The minimum absolute atomic E-state index is 0.0347. The Hall–Kier alpha value is -2.49. The van der Waals surface area contributed by atoms with Crippen molar-refractivity contribution in [3.8, 4) is 0 Å². The zero-order valence-corrected chi connectivity index (χ0v) is 15.9. The van der Waals surface area contributed by atoms with Crippen molar-refractivity contribution < 1.29 is 9.59 Å². The van der Waals surface area contributed by atoms with Crippen LogP contribution >= 0.6 is 0 Å². The maximum Gasteiger partial charge on any atom is 0.281 e. The molecule has 0 saturated heterocycles. The zero-order chi connectivity index (χ0) is 19.2. The summed E-state index contributed by atoms with van der Waals surface area (Å²) in [6.45, 7) is 19.4. The fraction of sp³-hybridized carbons (Fsp3) is 0.381. The smallest absolute Gasteiger partial charge is 0.281 e. The van der Waals surface area contributed by atoms with E-state index in [0.29, 0.717) is 28.0 Å². The fourth-order valence-electron chi connectivity index (χ4n) is 2.86. The van der Waals surface area contributed by atoms with Crippen molar-refractivity contribution in [3.63, 3.8) is 0 Å². The minimum atomic E-state index is -0.334. The monoisotopic (exact) mass is 338 g/mol. The molecule has 0 atom stereocenters. The normalized spacial score (nSPS) is 19.0. The molecule has 4 heteroatoms. The Bertz CT molecular complexity index is 755. The van der Waals surface area contributed by atoms with Crippen LogP contribution in [0, 0.1) is 10.8 Å². The standard InChI is InChI=1S/C21H26N2O2/c1-9-16-17(19(25)23(10-2)22-16)13-11-14(20(3,4)5)18(24)15(12-13)21(6,7)8/h9-12H,1-2H2,3-8H3. The molecule has 2 rings (SSSR count). The first kappa shape index (κ1) is 18.8. The first-order valence-electron chi connectivity index (χ1n) is 8.32. The average molecular weight is 338 g/mol. The third kappa shape index (κ3) is 3.34. The van der Waals surface area contributed by atoms with Gasteiger partial charge in [-0.2, -0.15) is 5.10 Å². The third-order valence-electron chi connectivity index (χ3n) is 4.25. The number of Topliss-reactive ketones (excluding diaryl/α,β-unsaturated/α-hetero) is 1. The van der Waals surface area contributed by atoms with Gasteiger partial charge in [0.1, 0.15) is 0 Å². The van der Waals surface area contributed by atoms with Gasteiger partial charge in [0.05, 0.1) is 11.3 Å². The van der Waals surface area contributed by atoms with Gasteiger partial charge in [-0.3, -0.25) is 9.59 Å². The number of hydrazone groups is 1. The second kappa shape index (κ2) is 6.10. The molecule has 132 valence electrons. The number of ketones is 1. The van der Waals surface area contributed by atoms with Gasteiger partial charge < -0.3 is 0 Å². The fourth-order valence-corrected chi connectivity index (χ4v) is 2.86. The molecule has 0 N–H and O–H groups in total. The van der Waals surface area contributed by atoms with E-state index in [1.807, 2.05) is 53.7 Å². The minimum Gasteiger partial charge on any atom is -0.289 e. The van der Waals surface area contributed by atoms with Gasteiger partial charge in [-0.05, 0) is 34.6 Å². The summed E-state index contributed by atoms with van der Waals surface area (Å²) in [5, 5.41) is 5.42. The largest absolute Gasteiger partial charge is 0.289 e. The Kier molecular flexibility index (Phi) is 4.60. The first-order chi connectivity index (χ1) is 11.4. The number of carbonyl (C=O) groups is 2. The van der Waals surface area contributed by atoms with E-state index in [2.05, 4.69) is 18.3 Å². The topological polar surface area (TPSA) is 49.7 Å². The molecular formula is C21H26N2O2. The number of rotatable bonds is 2. The van der Waals surface area contributed by atoms with Crippen LogP contribution in [0.5, 0.6) is 0 Å². The Morgan fingerprint density at radius 1 is 0.960 bits per heavy atom. The van der Waals surface area contributed by atoms with Crippen molar-refractivity contribution >= 4 is 17.4 Å². The number of carbonyl (C=O) groups excluding carboxylic acids is 2. The lowest BCUT2D eigenvalue weighted by molar-refractivity contribution is -0.123. The van der Waals surface area contributed by atoms with E-state index in [9.17, 15) is 9.59 Å². The van der Waals surface area contributed by atoms with Gasteiger partial charge >= 0.3 is 0 Å². The molecule has 25 heavy (non-hydrogen) atoms. The number of hydrogen-bond acceptors (Lipinski definition) is 3. The summed E-state index contributed by atoms with van der Waals surface area (Å²) >= 11 is 0. The van der Waals surface area contributed by atoms with Crippen molar-refractivity contribution in [2.75, 3.05) is 0 Å². The van der Waals surface area contributed by atoms with Gasteiger partial charge in [0.15, 0.2) is 5.78 Å². The van der Waals surface area contributed by atoms with Crippen LogP contribution in [0.3, 0.4) is 0 Å². The quantitative estimate of drug-likeness (QED) is 0.703. The van der Waals surface area contributed by atoms with Gasteiger partial charge in [0, 0.05) is 17.3 Å². The van der Waals surface area contributed by atoms with Gasteiger partial charge in [-0.25, -0.2) is 5.01 Å². The second-order valence-electron chi connectivity index (χ2n) is 8.30. The van der Waals surface area contributed by atoms with E-state index in [0.717, 1.165) is 0 Å². The van der Waals surface area contributed by atoms with Crippen LogP contribution in [0.2, 0.25) is 0 Å². The first-order valence-corrected chi connectivity index (χ1v) is 8.32. The Labute approximate surface area is 150 Å². The number of hydrogen-bond donors (Lipinski definition) is 0. The molecule has 0 spiro atoms. The van der Waals surface area contributed by atoms with Gasteiger partial charge in [-0.15, -0.1) is 0 Å². The number of amides is 1. The summed E-state index contributed by atoms with van der Waals surface area (Å²) in [6.07, 6.45) is 6.55. The number of nitrogens with zero attached hydrogens (tertiary/aromatic N) is 2. The zero-order valence-electron chi connectivity index (χ0n) is 15.9. The molecular weight excluding hydrogens is 312 g/mol. The summed E-state index contributed by atoms with van der Waals surface area (Å²) in [7, 11) is 0. The van der Waals surface area contributed by atoms with Crippen molar-refractivity contribution in [1.29, 1.82) is 0 Å². The van der Waals surface area contributed by atoms with E-state index < -0.39 is 0 Å². The van der Waals surface area contributed by atoms with E-state index >= 15 is 0 Å². The highest BCUT2D eigenvalue weighted by molar-refractivity contribution is 6.30. The summed E-state index contributed by atoms with van der Waals surface area (Å²) < 4.78 is 0. The predicted molar refractivity (Wildman–Crippen MR) is 102 cm³/mol. The predicted octanol–water partition coefficient (Wildman–Crippen LogP) is 4.34. The van der Waals surface area contributed by atoms with Crippen molar-refractivity contribution in [3.05, 3.63) is 59.9 Å². The summed E-state index contributed by atoms with van der Waals surface area (Å²) in [5.41, 5.74) is 2.35. The molecule has 1 amide bonds. The van der Waals surface area contributed by atoms with Crippen molar-refractivity contribution in [2.24, 2.45) is 15.9 Å². The molecule has 0 unspecified atom stereocenters. The van der Waals surface area contributed by atoms with Crippen LogP contribution in [0.25, 0.3) is 0 Å². The molecule has 0 aromatic heterocycles. The van der Waals surface area contributed by atoms with Crippen LogP contribution in [0.1, 0.15) is 41.5 Å². The summed E-state index contributed by atoms with van der Waals surface area (Å²) in [5.74, 6) is -0.226. The molecule has 0 aromatic carbocycles. The van der Waals surface area contributed by atoms with Gasteiger partial charge in [0.25, 0.3) is 5.91 Å². The Morgan fingerprint density at radius 2 is 1.44 bits per heavy atom. The van der Waals surface area contributed by atoms with Crippen LogP contribution < -0.4 is 0 Å². The highest BCUT2D eigenvalue weighted by Gasteiger charge is 2.37. The molecule has 0 bridgehead atoms. The molecule has 1 heterocycles. The lowest BCUT2D eigenvalue weighted by Gasteiger charge is -2.31. The van der Waals surface area contributed by atoms with Crippen LogP contribution in [-0.4, -0.2) is 22.4 Å². The van der Waals surface area contributed by atoms with Crippen LogP contribution in [-0.2, 0) is 9.59 Å². The number of allylic oxidation sites excluding steroid dienone is 6. The molecule has 4 nitrogen and oxygen atoms in total. The Morgan fingerprint density at radius 3 is 1.80 bits per heavy atom. The molecule has 2 aliphatic rings. The summed E-state index contributed by atoms with van der Waals surface area (Å²) in [6, 6.07) is 0. The third-order valence-corrected chi connectivity index (χ3v) is 4.25. The molecule has 0 fully saturated rings. The Balaban J connectivity index is 2.80. The van der Waals surface area contributed by atoms with Gasteiger partial charge in [-0.1, -0.05) is 54.7 Å². The highest BCUT2D eigenvalue weighted by atomic mass is 16.2.